The number of rotatable bonds is 4. The summed E-state index contributed by atoms with van der Waals surface area (Å²) in [6.07, 6.45) is 7.97. The Labute approximate surface area is 91.9 Å². The Morgan fingerprint density at radius 1 is 1.67 bits per heavy atom. The van der Waals surface area contributed by atoms with Crippen LogP contribution in [-0.2, 0) is 0 Å². The fraction of sp³-hybridized carbons (Fsp3) is 0.750. The lowest BCUT2D eigenvalue weighted by Crippen LogP contribution is -2.08. The molecule has 1 aromatic rings. The highest BCUT2D eigenvalue weighted by atomic mass is 15.3. The van der Waals surface area contributed by atoms with Gasteiger partial charge >= 0.3 is 0 Å². The third-order valence-electron chi connectivity index (χ3n) is 3.31. The zero-order valence-electron chi connectivity index (χ0n) is 9.74. The van der Waals surface area contributed by atoms with Crippen LogP contribution in [0.3, 0.4) is 0 Å². The number of aromatic nitrogens is 2. The van der Waals surface area contributed by atoms with E-state index in [1.807, 2.05) is 6.20 Å². The number of hydrogen-bond donors (Lipinski definition) is 1. The van der Waals surface area contributed by atoms with Gasteiger partial charge in [-0.15, -0.1) is 0 Å². The van der Waals surface area contributed by atoms with Crippen LogP contribution in [0.2, 0.25) is 0 Å². The molecule has 0 saturated carbocycles. The second-order valence-electron chi connectivity index (χ2n) is 4.58. The highest BCUT2D eigenvalue weighted by molar-refractivity contribution is 5.13. The van der Waals surface area contributed by atoms with E-state index < -0.39 is 0 Å². The van der Waals surface area contributed by atoms with E-state index in [1.54, 1.807) is 0 Å². The Balaban J connectivity index is 2.02. The molecule has 1 unspecified atom stereocenters. The smallest absolute Gasteiger partial charge is 0.0525 e. The van der Waals surface area contributed by atoms with Gasteiger partial charge in [-0.05, 0) is 31.9 Å². The second-order valence-corrected chi connectivity index (χ2v) is 4.58. The molecule has 0 spiro atoms. The van der Waals surface area contributed by atoms with Gasteiger partial charge in [-0.3, -0.25) is 4.68 Å². The maximum atomic E-state index is 4.47. The molecule has 1 aromatic heterocycles. The van der Waals surface area contributed by atoms with Crippen molar-refractivity contribution in [3.63, 3.8) is 0 Å². The first-order valence-corrected chi connectivity index (χ1v) is 6.06. The van der Waals surface area contributed by atoms with Crippen LogP contribution >= 0.6 is 0 Å². The molecule has 1 N–H and O–H groups in total. The van der Waals surface area contributed by atoms with Gasteiger partial charge < -0.3 is 5.32 Å². The van der Waals surface area contributed by atoms with E-state index in [9.17, 15) is 0 Å². The van der Waals surface area contributed by atoms with Crippen molar-refractivity contribution in [2.45, 2.75) is 45.1 Å². The van der Waals surface area contributed by atoms with Crippen molar-refractivity contribution in [2.24, 2.45) is 0 Å². The lowest BCUT2D eigenvalue weighted by Gasteiger charge is -2.10. The van der Waals surface area contributed by atoms with E-state index in [-0.39, 0.29) is 0 Å². The Morgan fingerprint density at radius 2 is 2.53 bits per heavy atom. The van der Waals surface area contributed by atoms with E-state index in [0.717, 1.165) is 13.1 Å². The molecule has 1 aliphatic heterocycles. The van der Waals surface area contributed by atoms with Crippen molar-refractivity contribution in [1.29, 1.82) is 0 Å². The van der Waals surface area contributed by atoms with Gasteiger partial charge in [0.25, 0.3) is 0 Å². The standard InChI is InChI=1S/C12H21N3/c1-3-4-10(2)15-9-12(8-14-15)11-5-6-13-7-11/h8-11,13H,3-7H2,1-2H3/t10?,11-/m0/s1. The third kappa shape index (κ3) is 2.40. The molecule has 2 atom stereocenters. The van der Waals surface area contributed by atoms with Crippen LogP contribution in [-0.4, -0.2) is 22.9 Å². The normalized spacial score (nSPS) is 23.2. The monoisotopic (exact) mass is 207 g/mol. The molecule has 15 heavy (non-hydrogen) atoms. The molecule has 84 valence electrons. The summed E-state index contributed by atoms with van der Waals surface area (Å²) < 4.78 is 2.12. The quantitative estimate of drug-likeness (QED) is 0.821. The molecule has 3 heteroatoms. The minimum Gasteiger partial charge on any atom is -0.316 e. The van der Waals surface area contributed by atoms with Gasteiger partial charge in [0, 0.05) is 24.7 Å². The van der Waals surface area contributed by atoms with Crippen LogP contribution in [0.15, 0.2) is 12.4 Å². The minimum absolute atomic E-state index is 0.540. The summed E-state index contributed by atoms with van der Waals surface area (Å²) in [6, 6.07) is 0.540. The van der Waals surface area contributed by atoms with E-state index in [0.29, 0.717) is 12.0 Å². The molecule has 1 aliphatic rings. The average molecular weight is 207 g/mol. The first-order chi connectivity index (χ1) is 7.31. The summed E-state index contributed by atoms with van der Waals surface area (Å²) >= 11 is 0. The summed E-state index contributed by atoms with van der Waals surface area (Å²) in [5.74, 6) is 0.688. The topological polar surface area (TPSA) is 29.9 Å². The third-order valence-corrected chi connectivity index (χ3v) is 3.31. The summed E-state index contributed by atoms with van der Waals surface area (Å²) in [6.45, 7) is 6.74. The summed E-state index contributed by atoms with van der Waals surface area (Å²) in [4.78, 5) is 0. The first-order valence-electron chi connectivity index (χ1n) is 6.06. The number of hydrogen-bond acceptors (Lipinski definition) is 2. The van der Waals surface area contributed by atoms with Crippen LogP contribution < -0.4 is 5.32 Å². The highest BCUT2D eigenvalue weighted by Crippen LogP contribution is 2.23. The molecule has 0 aromatic carbocycles. The van der Waals surface area contributed by atoms with Crippen LogP contribution in [0.1, 0.15) is 50.6 Å². The maximum Gasteiger partial charge on any atom is 0.0525 e. The zero-order valence-corrected chi connectivity index (χ0v) is 9.74. The molecule has 2 rings (SSSR count). The predicted octanol–water partition coefficient (Wildman–Crippen LogP) is 2.32. The van der Waals surface area contributed by atoms with Gasteiger partial charge in [-0.25, -0.2) is 0 Å². The summed E-state index contributed by atoms with van der Waals surface area (Å²) in [5.41, 5.74) is 1.41. The second kappa shape index (κ2) is 4.79. The van der Waals surface area contributed by atoms with Gasteiger partial charge in [-0.1, -0.05) is 13.3 Å². The van der Waals surface area contributed by atoms with Crippen LogP contribution in [0, 0.1) is 0 Å². The molecule has 0 radical (unpaired) electrons. The van der Waals surface area contributed by atoms with Crippen LogP contribution in [0.5, 0.6) is 0 Å². The van der Waals surface area contributed by atoms with Gasteiger partial charge in [0.1, 0.15) is 0 Å². The molecule has 0 amide bonds. The Hall–Kier alpha value is -0.830. The molecule has 2 heterocycles. The number of nitrogens with one attached hydrogen (secondary N) is 1. The molecule has 1 fully saturated rings. The molecule has 0 aliphatic carbocycles. The van der Waals surface area contributed by atoms with Crippen LogP contribution in [0.25, 0.3) is 0 Å². The Morgan fingerprint density at radius 3 is 3.20 bits per heavy atom. The summed E-state index contributed by atoms with van der Waals surface area (Å²) in [5, 5.41) is 7.87. The lowest BCUT2D eigenvalue weighted by atomic mass is 10.0. The van der Waals surface area contributed by atoms with Crippen molar-refractivity contribution in [2.75, 3.05) is 13.1 Å². The van der Waals surface area contributed by atoms with E-state index >= 15 is 0 Å². The average Bonchev–Trinajstić information content (AvgIpc) is 2.89. The van der Waals surface area contributed by atoms with Gasteiger partial charge in [-0.2, -0.15) is 5.10 Å². The Kier molecular flexibility index (Phi) is 3.41. The SMILES string of the molecule is CCCC(C)n1cc([C@H]2CCNC2)cn1. The number of nitrogens with zero attached hydrogens (tertiary/aromatic N) is 2. The van der Waals surface area contributed by atoms with Crippen molar-refractivity contribution < 1.29 is 0 Å². The van der Waals surface area contributed by atoms with Crippen molar-refractivity contribution in [3.8, 4) is 0 Å². The van der Waals surface area contributed by atoms with Gasteiger partial charge in [0.2, 0.25) is 0 Å². The van der Waals surface area contributed by atoms with Crippen molar-refractivity contribution in [1.82, 2.24) is 15.1 Å². The van der Waals surface area contributed by atoms with Crippen LogP contribution in [0.4, 0.5) is 0 Å². The predicted molar refractivity (Wildman–Crippen MR) is 62.1 cm³/mol. The molecular formula is C12H21N3. The largest absolute Gasteiger partial charge is 0.316 e. The van der Waals surface area contributed by atoms with E-state index in [4.69, 9.17) is 0 Å². The minimum atomic E-state index is 0.540. The molecule has 1 saturated heterocycles. The Bertz CT molecular complexity index is 300. The molecular weight excluding hydrogens is 186 g/mol. The first kappa shape index (κ1) is 10.7. The summed E-state index contributed by atoms with van der Waals surface area (Å²) in [7, 11) is 0. The van der Waals surface area contributed by atoms with Crippen molar-refractivity contribution >= 4 is 0 Å². The molecule has 3 nitrogen and oxygen atoms in total. The molecule has 0 bridgehead atoms. The fourth-order valence-electron chi connectivity index (χ4n) is 2.29. The van der Waals surface area contributed by atoms with Gasteiger partial charge in [0.15, 0.2) is 0 Å². The fourth-order valence-corrected chi connectivity index (χ4v) is 2.29. The lowest BCUT2D eigenvalue weighted by molar-refractivity contribution is 0.454. The highest BCUT2D eigenvalue weighted by Gasteiger charge is 2.18. The van der Waals surface area contributed by atoms with Gasteiger partial charge in [0.05, 0.1) is 6.20 Å². The van der Waals surface area contributed by atoms with Crippen molar-refractivity contribution in [3.05, 3.63) is 18.0 Å². The maximum absolute atomic E-state index is 4.47. The van der Waals surface area contributed by atoms with E-state index in [2.05, 4.69) is 35.1 Å². The zero-order chi connectivity index (χ0) is 10.7. The van der Waals surface area contributed by atoms with E-state index in [1.165, 1.54) is 24.8 Å².